The first kappa shape index (κ1) is 14.4. The molecule has 0 amide bonds. The van der Waals surface area contributed by atoms with Crippen LogP contribution in [-0.2, 0) is 24.4 Å². The summed E-state index contributed by atoms with van der Waals surface area (Å²) in [4.78, 5) is 2.52. The smallest absolute Gasteiger partial charge is 0.159 e. The summed E-state index contributed by atoms with van der Waals surface area (Å²) >= 11 is 3.58. The molecule has 3 heterocycles. The van der Waals surface area contributed by atoms with Crippen LogP contribution in [0.4, 0.5) is 0 Å². The predicted octanol–water partition coefficient (Wildman–Crippen LogP) is 2.91. The van der Waals surface area contributed by atoms with E-state index in [1.165, 1.54) is 18.4 Å². The maximum absolute atomic E-state index is 5.44. The molecule has 0 N–H and O–H groups in total. The topological polar surface area (TPSA) is 43.2 Å². The first-order valence-corrected chi connectivity index (χ1v) is 8.59. The summed E-state index contributed by atoms with van der Waals surface area (Å²) in [5.74, 6) is 2.03. The lowest BCUT2D eigenvalue weighted by atomic mass is 10.0. The van der Waals surface area contributed by atoms with Crippen LogP contribution in [0.1, 0.15) is 36.1 Å². The van der Waals surface area contributed by atoms with Crippen LogP contribution in [0.15, 0.2) is 28.7 Å². The van der Waals surface area contributed by atoms with Gasteiger partial charge in [-0.15, -0.1) is 10.2 Å². The molecule has 1 saturated heterocycles. The monoisotopic (exact) mass is 362 g/mol. The quantitative estimate of drug-likeness (QED) is 0.841. The molecule has 0 aliphatic carbocycles. The third-order valence-electron chi connectivity index (χ3n) is 4.54. The summed E-state index contributed by atoms with van der Waals surface area (Å²) in [7, 11) is 0. The molecular weight excluding hydrogens is 344 g/mol. The van der Waals surface area contributed by atoms with Gasteiger partial charge in [0.1, 0.15) is 12.4 Å². The van der Waals surface area contributed by atoms with E-state index in [1.807, 2.05) is 0 Å². The summed E-state index contributed by atoms with van der Waals surface area (Å²) in [6.45, 7) is 4.20. The van der Waals surface area contributed by atoms with Gasteiger partial charge in [-0.1, -0.05) is 28.1 Å². The average molecular weight is 363 g/mol. The molecule has 0 bridgehead atoms. The average Bonchev–Trinajstić information content (AvgIpc) is 3.15. The maximum atomic E-state index is 5.44. The van der Waals surface area contributed by atoms with Gasteiger partial charge in [-0.05, 0) is 37.1 Å². The van der Waals surface area contributed by atoms with Gasteiger partial charge in [-0.2, -0.15) is 0 Å². The van der Waals surface area contributed by atoms with Gasteiger partial charge >= 0.3 is 0 Å². The van der Waals surface area contributed by atoms with Crippen LogP contribution in [0.2, 0.25) is 0 Å². The number of hydrogen-bond donors (Lipinski definition) is 0. The molecule has 6 heteroatoms. The first-order chi connectivity index (χ1) is 10.8. The molecule has 1 aromatic carbocycles. The Labute approximate surface area is 138 Å². The van der Waals surface area contributed by atoms with E-state index in [0.29, 0.717) is 12.6 Å². The molecule has 22 heavy (non-hydrogen) atoms. The molecule has 2 aromatic rings. The highest BCUT2D eigenvalue weighted by Crippen LogP contribution is 2.34. The number of benzene rings is 1. The summed E-state index contributed by atoms with van der Waals surface area (Å²) in [5, 5.41) is 8.65. The molecule has 0 spiro atoms. The van der Waals surface area contributed by atoms with Crippen molar-refractivity contribution < 1.29 is 4.74 Å². The number of hydrogen-bond acceptors (Lipinski definition) is 4. The lowest BCUT2D eigenvalue weighted by molar-refractivity contribution is 0.0794. The molecule has 1 atom stereocenters. The molecular formula is C16H19BrN4O. The summed E-state index contributed by atoms with van der Waals surface area (Å²) in [6, 6.07) is 9.13. The van der Waals surface area contributed by atoms with Crippen LogP contribution >= 0.6 is 15.9 Å². The van der Waals surface area contributed by atoms with Gasteiger partial charge in [0, 0.05) is 17.1 Å². The van der Waals surface area contributed by atoms with Crippen molar-refractivity contribution in [3.8, 4) is 0 Å². The lowest BCUT2D eigenvalue weighted by Crippen LogP contribution is -2.26. The van der Waals surface area contributed by atoms with Gasteiger partial charge in [-0.25, -0.2) is 0 Å². The zero-order valence-corrected chi connectivity index (χ0v) is 14.0. The Balaban J connectivity index is 1.56. The van der Waals surface area contributed by atoms with Crippen molar-refractivity contribution in [3.05, 3.63) is 46.0 Å². The fourth-order valence-corrected chi connectivity index (χ4v) is 3.88. The Morgan fingerprint density at radius 1 is 1.27 bits per heavy atom. The van der Waals surface area contributed by atoms with Crippen molar-refractivity contribution in [2.75, 3.05) is 13.2 Å². The maximum Gasteiger partial charge on any atom is 0.159 e. The van der Waals surface area contributed by atoms with Gasteiger partial charge in [0.15, 0.2) is 5.82 Å². The SMILES string of the molecule is Brc1cccc(C2CCCN2Cc2nnc3n2CCOC3)c1. The molecule has 1 unspecified atom stereocenters. The van der Waals surface area contributed by atoms with Crippen molar-refractivity contribution in [1.29, 1.82) is 0 Å². The number of likely N-dealkylation sites (tertiary alicyclic amines) is 1. The van der Waals surface area contributed by atoms with Gasteiger partial charge in [-0.3, -0.25) is 4.90 Å². The number of nitrogens with zero attached hydrogens (tertiary/aromatic N) is 4. The second-order valence-electron chi connectivity index (χ2n) is 5.92. The van der Waals surface area contributed by atoms with E-state index in [4.69, 9.17) is 4.74 Å². The Bertz CT molecular complexity index is 672. The Morgan fingerprint density at radius 2 is 2.23 bits per heavy atom. The van der Waals surface area contributed by atoms with Crippen molar-refractivity contribution in [2.24, 2.45) is 0 Å². The number of fused-ring (bicyclic) bond motifs is 1. The van der Waals surface area contributed by atoms with E-state index < -0.39 is 0 Å². The van der Waals surface area contributed by atoms with Crippen LogP contribution < -0.4 is 0 Å². The summed E-state index contributed by atoms with van der Waals surface area (Å²) in [5.41, 5.74) is 1.38. The fourth-order valence-electron chi connectivity index (χ4n) is 3.46. The molecule has 1 aromatic heterocycles. The van der Waals surface area contributed by atoms with Crippen molar-refractivity contribution in [3.63, 3.8) is 0 Å². The summed E-state index contributed by atoms with van der Waals surface area (Å²) < 4.78 is 8.81. The lowest BCUT2D eigenvalue weighted by Gasteiger charge is -2.25. The normalized spacial score (nSPS) is 22.0. The molecule has 1 fully saturated rings. The molecule has 5 nitrogen and oxygen atoms in total. The first-order valence-electron chi connectivity index (χ1n) is 7.79. The zero-order chi connectivity index (χ0) is 14.9. The second kappa shape index (κ2) is 6.10. The molecule has 2 aliphatic heterocycles. The van der Waals surface area contributed by atoms with E-state index >= 15 is 0 Å². The largest absolute Gasteiger partial charge is 0.372 e. The van der Waals surface area contributed by atoms with Gasteiger partial charge < -0.3 is 9.30 Å². The minimum absolute atomic E-state index is 0.477. The number of ether oxygens (including phenoxy) is 1. The van der Waals surface area contributed by atoms with E-state index in [-0.39, 0.29) is 0 Å². The number of aromatic nitrogens is 3. The Hall–Kier alpha value is -1.24. The second-order valence-corrected chi connectivity index (χ2v) is 6.84. The highest BCUT2D eigenvalue weighted by molar-refractivity contribution is 9.10. The minimum Gasteiger partial charge on any atom is -0.372 e. The molecule has 116 valence electrons. The van der Waals surface area contributed by atoms with E-state index in [9.17, 15) is 0 Å². The highest BCUT2D eigenvalue weighted by atomic mass is 79.9. The van der Waals surface area contributed by atoms with Gasteiger partial charge in [0.2, 0.25) is 0 Å². The Morgan fingerprint density at radius 3 is 3.14 bits per heavy atom. The number of rotatable bonds is 3. The molecule has 2 aliphatic rings. The van der Waals surface area contributed by atoms with Crippen LogP contribution in [0.5, 0.6) is 0 Å². The summed E-state index contributed by atoms with van der Waals surface area (Å²) in [6.07, 6.45) is 2.45. The van der Waals surface area contributed by atoms with Crippen LogP contribution in [0.25, 0.3) is 0 Å². The van der Waals surface area contributed by atoms with Crippen LogP contribution in [0, 0.1) is 0 Å². The van der Waals surface area contributed by atoms with Gasteiger partial charge in [0.05, 0.1) is 13.2 Å². The van der Waals surface area contributed by atoms with Gasteiger partial charge in [0.25, 0.3) is 0 Å². The fraction of sp³-hybridized carbons (Fsp3) is 0.500. The number of halogens is 1. The third-order valence-corrected chi connectivity index (χ3v) is 5.03. The third kappa shape index (κ3) is 2.71. The van der Waals surface area contributed by atoms with E-state index in [1.54, 1.807) is 0 Å². The van der Waals surface area contributed by atoms with E-state index in [2.05, 4.69) is 59.9 Å². The predicted molar refractivity (Wildman–Crippen MR) is 86.2 cm³/mol. The van der Waals surface area contributed by atoms with Crippen LogP contribution in [-0.4, -0.2) is 32.8 Å². The van der Waals surface area contributed by atoms with E-state index in [0.717, 1.165) is 42.4 Å². The van der Waals surface area contributed by atoms with Crippen molar-refractivity contribution in [2.45, 2.75) is 38.6 Å². The van der Waals surface area contributed by atoms with Crippen molar-refractivity contribution >= 4 is 15.9 Å². The Kier molecular flexibility index (Phi) is 3.98. The standard InChI is InChI=1S/C16H19BrN4O/c17-13-4-1-3-12(9-13)14-5-2-6-20(14)10-15-18-19-16-11-22-8-7-21(15)16/h1,3-4,9,14H,2,5-8,10-11H2. The molecule has 0 saturated carbocycles. The minimum atomic E-state index is 0.477. The molecule has 4 rings (SSSR count). The molecule has 0 radical (unpaired) electrons. The van der Waals surface area contributed by atoms with Crippen LogP contribution in [0.3, 0.4) is 0 Å². The highest BCUT2D eigenvalue weighted by Gasteiger charge is 2.28. The zero-order valence-electron chi connectivity index (χ0n) is 12.4. The van der Waals surface area contributed by atoms with Crippen molar-refractivity contribution in [1.82, 2.24) is 19.7 Å².